The molecule has 0 atom stereocenters. The van der Waals surface area contributed by atoms with Gasteiger partial charge in [0.1, 0.15) is 0 Å². The van der Waals surface area contributed by atoms with Crippen LogP contribution in [0.1, 0.15) is 0 Å². The molecule has 4 heteroatoms. The van der Waals surface area contributed by atoms with Crippen LogP contribution >= 0.6 is 0 Å². The van der Waals surface area contributed by atoms with Crippen LogP contribution in [0.15, 0.2) is 0 Å². The normalized spacial score (nSPS) is 6.29. The Morgan fingerprint density at radius 3 is 1.14 bits per heavy atom. The van der Waals surface area contributed by atoms with Crippen LogP contribution in [0, 0.1) is 0 Å². The fourth-order valence-electron chi connectivity index (χ4n) is 0. The Bertz CT molecular complexity index is 52.4. The van der Waals surface area contributed by atoms with E-state index >= 15 is 0 Å². The van der Waals surface area contributed by atoms with Gasteiger partial charge in [0.05, 0.1) is 0 Å². The second-order valence-corrected chi connectivity index (χ2v) is 11.7. The van der Waals surface area contributed by atoms with Gasteiger partial charge in [-0.25, -0.2) is 0 Å². The van der Waals surface area contributed by atoms with Crippen LogP contribution in [0.25, 0.3) is 16.0 Å². The summed E-state index contributed by atoms with van der Waals surface area (Å²) in [4.78, 5) is 8.63. The van der Waals surface area contributed by atoms with Gasteiger partial charge in [0.25, 0.3) is 0 Å². The summed E-state index contributed by atoms with van der Waals surface area (Å²) < 4.78 is 0. The van der Waals surface area contributed by atoms with Crippen LogP contribution in [-0.4, -0.2) is 19.8 Å². The molecule has 3 nitrogen and oxygen atoms in total. The van der Waals surface area contributed by atoms with Crippen molar-refractivity contribution in [3.63, 3.8) is 0 Å². The van der Waals surface area contributed by atoms with E-state index in [0.717, 1.165) is 0 Å². The summed E-state index contributed by atoms with van der Waals surface area (Å²) in [5.41, 5.74) is 13.5. The molecule has 0 heterocycles. The van der Waals surface area contributed by atoms with Crippen molar-refractivity contribution < 1.29 is 0 Å². The van der Waals surface area contributed by atoms with E-state index in [1.165, 1.54) is 4.91 Å². The second-order valence-electron chi connectivity index (χ2n) is 1.82. The Balaban J connectivity index is 0. The van der Waals surface area contributed by atoms with E-state index in [9.17, 15) is 0 Å². The molecule has 42 valence electrons. The van der Waals surface area contributed by atoms with Gasteiger partial charge >= 0.3 is 34.6 Å². The van der Waals surface area contributed by atoms with Crippen LogP contribution in [0.4, 0.5) is 0 Å². The summed E-state index contributed by atoms with van der Waals surface area (Å²) in [6.45, 7) is 0. The zero-order valence-corrected chi connectivity index (χ0v) is 8.21. The third-order valence-corrected chi connectivity index (χ3v) is 0. The van der Waals surface area contributed by atoms with E-state index in [1.807, 2.05) is 0 Å². The van der Waals surface area contributed by atoms with Crippen LogP contribution < -0.4 is 0 Å². The Hall–Kier alpha value is 0.109. The van der Waals surface area contributed by atoms with E-state index < -0.39 is 19.8 Å². The van der Waals surface area contributed by atoms with Gasteiger partial charge in [0.2, 0.25) is 0 Å². The average molecular weight is 207 g/mol. The van der Waals surface area contributed by atoms with Crippen LogP contribution in [0.2, 0.25) is 14.8 Å². The van der Waals surface area contributed by atoms with Crippen LogP contribution in [0.3, 0.4) is 0 Å². The molecule has 0 radical (unpaired) electrons. The van der Waals surface area contributed by atoms with Gasteiger partial charge in [-0.1, -0.05) is 0 Å². The van der Waals surface area contributed by atoms with Crippen molar-refractivity contribution in [3.05, 3.63) is 16.0 Å². The van der Waals surface area contributed by atoms with E-state index in [-0.39, 0.29) is 0 Å². The SMILES string of the molecule is [CH3][SnH]([CH3])[CH3].[N-]=[N+]=[N-]. The summed E-state index contributed by atoms with van der Waals surface area (Å²) in [7, 11) is 0. The van der Waals surface area contributed by atoms with Crippen molar-refractivity contribution >= 4 is 19.8 Å². The van der Waals surface area contributed by atoms with Crippen molar-refractivity contribution in [2.75, 3.05) is 0 Å². The summed E-state index contributed by atoms with van der Waals surface area (Å²) in [5.74, 6) is 0. The maximum atomic E-state index is 6.75. The monoisotopic (exact) mass is 208 g/mol. The van der Waals surface area contributed by atoms with Gasteiger partial charge in [-0.15, -0.1) is 0 Å². The molecule has 0 unspecified atom stereocenters. The number of rotatable bonds is 0. The first-order valence-electron chi connectivity index (χ1n) is 2.13. The van der Waals surface area contributed by atoms with Crippen molar-refractivity contribution in [1.82, 2.24) is 0 Å². The molecule has 0 aromatic rings. The maximum Gasteiger partial charge on any atom is -0.255 e. The molecule has 0 spiro atoms. The van der Waals surface area contributed by atoms with Gasteiger partial charge in [-0.3, -0.25) is 4.91 Å². The molecule has 0 aliphatic rings. The zero-order chi connectivity index (χ0) is 6.28. The molecular weight excluding hydrogens is 197 g/mol. The molecule has 0 aliphatic heterocycles. The second kappa shape index (κ2) is 9.44. The van der Waals surface area contributed by atoms with E-state index in [0.29, 0.717) is 0 Å². The van der Waals surface area contributed by atoms with E-state index in [4.69, 9.17) is 11.1 Å². The van der Waals surface area contributed by atoms with Crippen molar-refractivity contribution in [2.24, 2.45) is 0 Å². The maximum absolute atomic E-state index is 6.75. The zero-order valence-electron chi connectivity index (χ0n) is 4.92. The van der Waals surface area contributed by atoms with Crippen LogP contribution in [0.5, 0.6) is 0 Å². The van der Waals surface area contributed by atoms with Gasteiger partial charge in [0, 0.05) is 0 Å². The minimum atomic E-state index is -0.637. The predicted octanol–water partition coefficient (Wildman–Crippen LogP) is 1.97. The smallest absolute Gasteiger partial charge is 0.255 e. The molecule has 0 aliphatic carbocycles. The molecule has 0 amide bonds. The van der Waals surface area contributed by atoms with Crippen molar-refractivity contribution in [1.29, 1.82) is 0 Å². The summed E-state index contributed by atoms with van der Waals surface area (Å²) >= 11 is -0.637. The molecule has 7 heavy (non-hydrogen) atoms. The summed E-state index contributed by atoms with van der Waals surface area (Å²) in [6.07, 6.45) is 0. The molecule has 0 rings (SSSR count). The Kier molecular flexibility index (Phi) is 13.7. The number of hydrogen-bond acceptors (Lipinski definition) is 0. The first-order valence-corrected chi connectivity index (χ1v) is 12.0. The Morgan fingerprint density at radius 1 is 1.14 bits per heavy atom. The Morgan fingerprint density at radius 2 is 1.14 bits per heavy atom. The largest absolute Gasteiger partial charge is 0.373 e. The van der Waals surface area contributed by atoms with Gasteiger partial charge < -0.3 is 11.1 Å². The summed E-state index contributed by atoms with van der Waals surface area (Å²) in [6, 6.07) is 0. The first kappa shape index (κ1) is 10.2. The summed E-state index contributed by atoms with van der Waals surface area (Å²) in [5, 5.41) is 0. The quantitative estimate of drug-likeness (QED) is 0.252. The third-order valence-electron chi connectivity index (χ3n) is 0. The molecule has 0 saturated heterocycles. The molecule has 0 aromatic carbocycles. The van der Waals surface area contributed by atoms with Gasteiger partial charge in [-0.2, -0.15) is 0 Å². The molecular formula is C3H10N3Sn-. The minimum Gasteiger partial charge on any atom is -0.373 e. The van der Waals surface area contributed by atoms with Gasteiger partial charge in [-0.05, 0) is 0 Å². The molecule has 0 fully saturated rings. The fourth-order valence-corrected chi connectivity index (χ4v) is 0. The molecule has 0 saturated carbocycles. The molecule has 0 bridgehead atoms. The first-order chi connectivity index (χ1) is 3.15. The third kappa shape index (κ3) is 8730. The van der Waals surface area contributed by atoms with E-state index in [1.54, 1.807) is 0 Å². The van der Waals surface area contributed by atoms with Crippen molar-refractivity contribution in [3.8, 4) is 0 Å². The number of hydrogen-bond donors (Lipinski definition) is 0. The van der Waals surface area contributed by atoms with E-state index in [2.05, 4.69) is 14.8 Å². The van der Waals surface area contributed by atoms with Crippen molar-refractivity contribution in [2.45, 2.75) is 14.8 Å². The minimum absolute atomic E-state index is 0.637. The van der Waals surface area contributed by atoms with Crippen LogP contribution in [-0.2, 0) is 0 Å². The molecule has 0 aromatic heterocycles. The predicted molar refractivity (Wildman–Crippen MR) is 34.8 cm³/mol. The Labute approximate surface area is 50.9 Å². The number of nitrogens with zero attached hydrogens (tertiary/aromatic N) is 3. The van der Waals surface area contributed by atoms with Gasteiger partial charge in [0.15, 0.2) is 0 Å². The standard InChI is InChI=1S/3CH3.N3.Sn.H/c;;;1-3-2;;/h3*1H3;;;/q;;;-1;;. The topological polar surface area (TPSA) is 58.7 Å². The molecule has 0 N–H and O–H groups in total. The average Bonchev–Trinajstić information content (AvgIpc) is 1.33. The fraction of sp³-hybridized carbons (Fsp3) is 1.00.